The van der Waals surface area contributed by atoms with Gasteiger partial charge in [0.15, 0.2) is 0 Å². The van der Waals surface area contributed by atoms with Gasteiger partial charge < -0.3 is 34.3 Å². The Balaban J connectivity index is 1.99. The van der Waals surface area contributed by atoms with Crippen LogP contribution < -0.4 is 0 Å². The van der Waals surface area contributed by atoms with Gasteiger partial charge in [-0.2, -0.15) is 0 Å². The quantitative estimate of drug-likeness (QED) is 0.494. The van der Waals surface area contributed by atoms with Crippen LogP contribution in [0.3, 0.4) is 0 Å². The summed E-state index contributed by atoms with van der Waals surface area (Å²) in [6, 6.07) is 0. The van der Waals surface area contributed by atoms with Crippen molar-refractivity contribution < 1.29 is 9.47 Å². The largest absolute Gasteiger partial charge is 0.408 e. The first-order valence-corrected chi connectivity index (χ1v) is 6.27. The van der Waals surface area contributed by atoms with Gasteiger partial charge in [-0.3, -0.25) is 5.12 Å². The van der Waals surface area contributed by atoms with Crippen LogP contribution in [-0.2, 0) is 22.1 Å². The van der Waals surface area contributed by atoms with Gasteiger partial charge >= 0.3 is 0 Å². The average molecular weight is 262 g/mol. The minimum atomic E-state index is 0.476. The van der Waals surface area contributed by atoms with Crippen LogP contribution in [0.5, 0.6) is 0 Å². The smallest absolute Gasteiger partial charge is 0.0613 e. The highest BCUT2D eigenvalue weighted by Crippen LogP contribution is 2.10. The van der Waals surface area contributed by atoms with E-state index in [0.717, 1.165) is 52.6 Å². The third-order valence-electron chi connectivity index (χ3n) is 2.67. The van der Waals surface area contributed by atoms with E-state index in [-0.39, 0.29) is 0 Å². The summed E-state index contributed by atoms with van der Waals surface area (Å²) in [7, 11) is 0. The van der Waals surface area contributed by atoms with Gasteiger partial charge in [0.1, 0.15) is 0 Å². The van der Waals surface area contributed by atoms with Crippen molar-refractivity contribution in [3.05, 3.63) is 0 Å². The molecule has 5 nitrogen and oxygen atoms in total. The maximum absolute atomic E-state index is 5.33. The summed E-state index contributed by atoms with van der Waals surface area (Å²) < 4.78 is 11.1. The number of nitrogens with zero attached hydrogens (tertiary/aromatic N) is 3. The number of hydrogen-bond acceptors (Lipinski definition) is 6. The van der Waals surface area contributed by atoms with E-state index in [1.54, 1.807) is 0 Å². The molecule has 2 aliphatic heterocycles. The molecule has 2 rings (SSSR count). The molecule has 0 aromatic carbocycles. The molecule has 0 atom stereocenters. The van der Waals surface area contributed by atoms with E-state index >= 15 is 0 Å². The fourth-order valence-electron chi connectivity index (χ4n) is 1.90. The Labute approximate surface area is 107 Å². The molecule has 0 spiro atoms. The highest BCUT2D eigenvalue weighted by Gasteiger charge is 2.23. The first-order chi connectivity index (χ1) is 7.79. The number of hydrogen-bond donors (Lipinski definition) is 0. The Hall–Kier alpha value is -0.0500. The standard InChI is InChI=1S/C9H17N3O2S2/c15-9(16)12(10-1-5-13-6-2-10)11-3-7-14-8-4-11/h1-8H2,(H,15,16)/p-1. The molecule has 0 aromatic heterocycles. The number of hydrazine groups is 2. The van der Waals surface area contributed by atoms with E-state index in [2.05, 4.69) is 10.0 Å². The lowest BCUT2D eigenvalue weighted by molar-refractivity contribution is -0.176. The molecule has 0 unspecified atom stereocenters. The molecule has 7 heteroatoms. The van der Waals surface area contributed by atoms with Gasteiger partial charge in [-0.1, -0.05) is 0 Å². The van der Waals surface area contributed by atoms with E-state index in [0.29, 0.717) is 4.32 Å². The summed E-state index contributed by atoms with van der Waals surface area (Å²) in [5, 5.41) is 6.25. The molecule has 0 N–H and O–H groups in total. The molecule has 0 bridgehead atoms. The second kappa shape index (κ2) is 6.04. The fourth-order valence-corrected chi connectivity index (χ4v) is 2.36. The molecular weight excluding hydrogens is 246 g/mol. The molecule has 92 valence electrons. The van der Waals surface area contributed by atoms with Crippen LogP contribution in [0.25, 0.3) is 0 Å². The molecule has 0 aliphatic carbocycles. The van der Waals surface area contributed by atoms with Gasteiger partial charge in [-0.05, 0) is 4.32 Å². The van der Waals surface area contributed by atoms with Crippen molar-refractivity contribution in [2.75, 3.05) is 52.6 Å². The lowest BCUT2D eigenvalue weighted by Crippen LogP contribution is -2.60. The predicted molar refractivity (Wildman–Crippen MR) is 66.6 cm³/mol. The zero-order chi connectivity index (χ0) is 11.4. The van der Waals surface area contributed by atoms with Crippen molar-refractivity contribution in [3.63, 3.8) is 0 Å². The van der Waals surface area contributed by atoms with Crippen molar-refractivity contribution in [1.29, 1.82) is 0 Å². The van der Waals surface area contributed by atoms with Crippen molar-refractivity contribution >= 4 is 29.2 Å². The van der Waals surface area contributed by atoms with Crippen LogP contribution >= 0.6 is 12.2 Å². The highest BCUT2D eigenvalue weighted by molar-refractivity contribution is 8.00. The highest BCUT2D eigenvalue weighted by atomic mass is 32.1. The molecule has 0 amide bonds. The van der Waals surface area contributed by atoms with Crippen molar-refractivity contribution in [1.82, 2.24) is 15.1 Å². The molecule has 0 saturated carbocycles. The van der Waals surface area contributed by atoms with Crippen LogP contribution in [0.1, 0.15) is 0 Å². The number of ether oxygens (including phenoxy) is 2. The SMILES string of the molecule is S=C([S-])N(N1CCOCC1)N1CCOCC1. The topological polar surface area (TPSA) is 28.2 Å². The molecule has 2 aliphatic rings. The summed E-state index contributed by atoms with van der Waals surface area (Å²) >= 11 is 10.3. The lowest BCUT2D eigenvalue weighted by atomic mass is 10.5. The van der Waals surface area contributed by atoms with Gasteiger partial charge in [0, 0.05) is 26.2 Å². The second-order valence-electron chi connectivity index (χ2n) is 3.69. The number of rotatable bonds is 2. The van der Waals surface area contributed by atoms with Crippen molar-refractivity contribution in [2.45, 2.75) is 0 Å². The van der Waals surface area contributed by atoms with E-state index in [1.165, 1.54) is 0 Å². The monoisotopic (exact) mass is 262 g/mol. The second-order valence-corrected chi connectivity index (χ2v) is 4.72. The summed E-state index contributed by atoms with van der Waals surface area (Å²) in [5.41, 5.74) is 0. The van der Waals surface area contributed by atoms with E-state index in [9.17, 15) is 0 Å². The summed E-state index contributed by atoms with van der Waals surface area (Å²) in [4.78, 5) is 0. The van der Waals surface area contributed by atoms with Crippen LogP contribution in [0.2, 0.25) is 0 Å². The maximum Gasteiger partial charge on any atom is 0.0613 e. The van der Waals surface area contributed by atoms with Gasteiger partial charge in [-0.25, -0.2) is 10.0 Å². The molecular formula is C9H16N3O2S2-. The molecule has 16 heavy (non-hydrogen) atoms. The maximum atomic E-state index is 5.33. The lowest BCUT2D eigenvalue weighted by Gasteiger charge is -2.48. The zero-order valence-electron chi connectivity index (χ0n) is 9.13. The van der Waals surface area contributed by atoms with Crippen LogP contribution in [0.15, 0.2) is 0 Å². The zero-order valence-corrected chi connectivity index (χ0v) is 10.8. The Morgan fingerprint density at radius 3 is 1.62 bits per heavy atom. The minimum Gasteiger partial charge on any atom is -0.408 e. The first kappa shape index (κ1) is 12.4. The molecule has 2 heterocycles. The summed E-state index contributed by atoms with van der Waals surface area (Å²) in [5.74, 6) is 0. The van der Waals surface area contributed by atoms with Crippen LogP contribution in [0.4, 0.5) is 0 Å². The van der Waals surface area contributed by atoms with Gasteiger partial charge in [0.25, 0.3) is 0 Å². The number of morpholine rings is 2. The predicted octanol–water partition coefficient (Wildman–Crippen LogP) is -0.385. The summed E-state index contributed by atoms with van der Waals surface area (Å²) in [6.45, 7) is 6.31. The average Bonchev–Trinajstić information content (AvgIpc) is 2.31. The minimum absolute atomic E-state index is 0.476. The number of thiocarbonyl (C=S) groups is 1. The molecule has 2 fully saturated rings. The first-order valence-electron chi connectivity index (χ1n) is 5.45. The van der Waals surface area contributed by atoms with Crippen LogP contribution in [0, 0.1) is 0 Å². The third kappa shape index (κ3) is 2.99. The van der Waals surface area contributed by atoms with E-state index < -0.39 is 0 Å². The third-order valence-corrected chi connectivity index (χ3v) is 3.00. The summed E-state index contributed by atoms with van der Waals surface area (Å²) in [6.07, 6.45) is 0. The Kier molecular flexibility index (Phi) is 4.68. The van der Waals surface area contributed by atoms with Gasteiger partial charge in [0.2, 0.25) is 0 Å². The molecule has 0 aromatic rings. The fraction of sp³-hybridized carbons (Fsp3) is 0.889. The van der Waals surface area contributed by atoms with E-state index in [1.807, 2.05) is 5.12 Å². The molecule has 0 radical (unpaired) electrons. The van der Waals surface area contributed by atoms with E-state index in [4.69, 9.17) is 34.3 Å². The molecule has 2 saturated heterocycles. The van der Waals surface area contributed by atoms with Gasteiger partial charge in [0.05, 0.1) is 26.4 Å². The van der Waals surface area contributed by atoms with Crippen molar-refractivity contribution in [2.24, 2.45) is 0 Å². The van der Waals surface area contributed by atoms with Crippen LogP contribution in [-0.4, -0.2) is 72.1 Å². The van der Waals surface area contributed by atoms with Crippen molar-refractivity contribution in [3.8, 4) is 0 Å². The Morgan fingerprint density at radius 2 is 1.31 bits per heavy atom. The Morgan fingerprint density at radius 1 is 0.938 bits per heavy atom. The van der Waals surface area contributed by atoms with Gasteiger partial charge in [-0.15, -0.1) is 0 Å². The normalized spacial score (nSPS) is 24.2. The Bertz CT molecular complexity index is 225.